The molecule has 3 heteroatoms. The molecule has 0 aromatic carbocycles. The maximum absolute atomic E-state index is 2.71. The van der Waals surface area contributed by atoms with Crippen LogP contribution in [0.1, 0.15) is 33.6 Å². The van der Waals surface area contributed by atoms with Crippen LogP contribution in [-0.2, 0) is 0 Å². The van der Waals surface area contributed by atoms with Crippen LogP contribution in [0.25, 0.3) is 0 Å². The Morgan fingerprint density at radius 1 is 1.06 bits per heavy atom. The summed E-state index contributed by atoms with van der Waals surface area (Å²) in [6.07, 6.45) is 2.80. The molecule has 2 aliphatic rings. The van der Waals surface area contributed by atoms with E-state index in [0.29, 0.717) is 6.04 Å². The number of nitrogens with zero attached hydrogens (tertiary/aromatic N) is 3. The molecule has 0 saturated carbocycles. The average molecular weight is 253 g/mol. The normalized spacial score (nSPS) is 30.2. The van der Waals surface area contributed by atoms with E-state index >= 15 is 0 Å². The molecule has 106 valence electrons. The smallest absolute Gasteiger partial charge is 0.0198 e. The zero-order valence-electron chi connectivity index (χ0n) is 12.7. The Balaban J connectivity index is 1.75. The van der Waals surface area contributed by atoms with Crippen LogP contribution in [0.3, 0.4) is 0 Å². The first-order valence-corrected chi connectivity index (χ1v) is 7.73. The number of hydrogen-bond donors (Lipinski definition) is 0. The number of piperazine rings is 1. The van der Waals surface area contributed by atoms with E-state index in [2.05, 4.69) is 42.5 Å². The van der Waals surface area contributed by atoms with Crippen molar-refractivity contribution < 1.29 is 0 Å². The molecule has 0 aliphatic carbocycles. The number of likely N-dealkylation sites (tertiary alicyclic amines) is 1. The van der Waals surface area contributed by atoms with Gasteiger partial charge in [-0.25, -0.2) is 0 Å². The average Bonchev–Trinajstić information content (AvgIpc) is 2.32. The Kier molecular flexibility index (Phi) is 5.05. The predicted octanol–water partition coefficient (Wildman–Crippen LogP) is 1.74. The van der Waals surface area contributed by atoms with Crippen LogP contribution in [0.2, 0.25) is 0 Å². The van der Waals surface area contributed by atoms with Crippen molar-refractivity contribution in [1.29, 1.82) is 0 Å². The SMILES string of the molecule is CC(C)N1CCN(CC2CCN(C)CC2)C[C@@H]1C. The fraction of sp³-hybridized carbons (Fsp3) is 1.00. The van der Waals surface area contributed by atoms with E-state index in [-0.39, 0.29) is 0 Å². The standard InChI is InChI=1S/C15H31N3/c1-13(2)18-10-9-17(11-14(18)3)12-15-5-7-16(4)8-6-15/h13-15H,5-12H2,1-4H3/t14-/m0/s1. The molecule has 18 heavy (non-hydrogen) atoms. The van der Waals surface area contributed by atoms with Gasteiger partial charge in [-0.3, -0.25) is 4.90 Å². The molecule has 0 unspecified atom stereocenters. The predicted molar refractivity (Wildman–Crippen MR) is 78.0 cm³/mol. The minimum atomic E-state index is 0.700. The topological polar surface area (TPSA) is 9.72 Å². The second-order valence-corrected chi connectivity index (χ2v) is 6.69. The van der Waals surface area contributed by atoms with Crippen molar-refractivity contribution >= 4 is 0 Å². The summed E-state index contributed by atoms with van der Waals surface area (Å²) in [6.45, 7) is 14.8. The van der Waals surface area contributed by atoms with Gasteiger partial charge in [0, 0.05) is 38.3 Å². The first-order chi connectivity index (χ1) is 8.56. The van der Waals surface area contributed by atoms with Gasteiger partial charge in [0.05, 0.1) is 0 Å². The Labute approximate surface area is 113 Å². The third-order valence-electron chi connectivity index (χ3n) is 4.78. The van der Waals surface area contributed by atoms with Crippen LogP contribution in [0, 0.1) is 5.92 Å². The van der Waals surface area contributed by atoms with Crippen LogP contribution < -0.4 is 0 Å². The Morgan fingerprint density at radius 2 is 1.72 bits per heavy atom. The Bertz CT molecular complexity index is 246. The summed E-state index contributed by atoms with van der Waals surface area (Å²) in [7, 11) is 2.25. The van der Waals surface area contributed by atoms with Gasteiger partial charge in [0.15, 0.2) is 0 Å². The molecule has 1 atom stereocenters. The van der Waals surface area contributed by atoms with Crippen molar-refractivity contribution in [2.45, 2.75) is 45.7 Å². The van der Waals surface area contributed by atoms with Gasteiger partial charge >= 0.3 is 0 Å². The quantitative estimate of drug-likeness (QED) is 0.758. The lowest BCUT2D eigenvalue weighted by Gasteiger charge is -2.43. The van der Waals surface area contributed by atoms with Gasteiger partial charge in [0.25, 0.3) is 0 Å². The van der Waals surface area contributed by atoms with E-state index in [0.717, 1.165) is 12.0 Å². The van der Waals surface area contributed by atoms with Gasteiger partial charge in [-0.05, 0) is 59.7 Å². The van der Waals surface area contributed by atoms with Crippen molar-refractivity contribution in [3.05, 3.63) is 0 Å². The molecule has 0 bridgehead atoms. The van der Waals surface area contributed by atoms with Crippen molar-refractivity contribution in [2.75, 3.05) is 46.3 Å². The minimum Gasteiger partial charge on any atom is -0.306 e. The lowest BCUT2D eigenvalue weighted by atomic mass is 9.96. The molecule has 0 amide bonds. The third-order valence-corrected chi connectivity index (χ3v) is 4.78. The van der Waals surface area contributed by atoms with Crippen LogP contribution >= 0.6 is 0 Å². The Hall–Kier alpha value is -0.120. The summed E-state index contributed by atoms with van der Waals surface area (Å²) in [5.41, 5.74) is 0. The summed E-state index contributed by atoms with van der Waals surface area (Å²) in [4.78, 5) is 7.82. The van der Waals surface area contributed by atoms with Gasteiger partial charge in [-0.15, -0.1) is 0 Å². The van der Waals surface area contributed by atoms with E-state index in [1.807, 2.05) is 0 Å². The largest absolute Gasteiger partial charge is 0.306 e. The Morgan fingerprint density at radius 3 is 2.28 bits per heavy atom. The highest BCUT2D eigenvalue weighted by atomic mass is 15.3. The highest BCUT2D eigenvalue weighted by molar-refractivity contribution is 4.83. The molecule has 2 aliphatic heterocycles. The van der Waals surface area contributed by atoms with E-state index in [4.69, 9.17) is 0 Å². The van der Waals surface area contributed by atoms with Gasteiger partial charge in [-0.1, -0.05) is 0 Å². The first-order valence-electron chi connectivity index (χ1n) is 7.73. The van der Waals surface area contributed by atoms with Crippen LogP contribution in [0.4, 0.5) is 0 Å². The molecule has 0 N–H and O–H groups in total. The molecule has 2 saturated heterocycles. The highest BCUT2D eigenvalue weighted by Gasteiger charge is 2.27. The highest BCUT2D eigenvalue weighted by Crippen LogP contribution is 2.20. The second kappa shape index (κ2) is 6.36. The number of hydrogen-bond acceptors (Lipinski definition) is 3. The maximum atomic E-state index is 2.71. The molecular formula is C15H31N3. The van der Waals surface area contributed by atoms with Gasteiger partial charge in [-0.2, -0.15) is 0 Å². The monoisotopic (exact) mass is 253 g/mol. The van der Waals surface area contributed by atoms with Crippen LogP contribution in [0.15, 0.2) is 0 Å². The van der Waals surface area contributed by atoms with Gasteiger partial charge in [0.1, 0.15) is 0 Å². The molecule has 2 rings (SSSR count). The van der Waals surface area contributed by atoms with E-state index in [1.54, 1.807) is 0 Å². The summed E-state index contributed by atoms with van der Waals surface area (Å²) >= 11 is 0. The molecule has 0 spiro atoms. The maximum Gasteiger partial charge on any atom is 0.0198 e. The molecule has 0 aromatic rings. The minimum absolute atomic E-state index is 0.700. The lowest BCUT2D eigenvalue weighted by Crippen LogP contribution is -2.55. The van der Waals surface area contributed by atoms with Crippen molar-refractivity contribution in [3.8, 4) is 0 Å². The molecule has 2 fully saturated rings. The fourth-order valence-corrected chi connectivity index (χ4v) is 3.59. The molecular weight excluding hydrogens is 222 g/mol. The fourth-order valence-electron chi connectivity index (χ4n) is 3.59. The van der Waals surface area contributed by atoms with Gasteiger partial charge in [0.2, 0.25) is 0 Å². The lowest BCUT2D eigenvalue weighted by molar-refractivity contribution is 0.0452. The zero-order valence-corrected chi connectivity index (χ0v) is 12.7. The molecule has 3 nitrogen and oxygen atoms in total. The zero-order chi connectivity index (χ0) is 13.1. The van der Waals surface area contributed by atoms with Crippen molar-refractivity contribution in [2.24, 2.45) is 5.92 Å². The number of rotatable bonds is 3. The van der Waals surface area contributed by atoms with Gasteiger partial charge < -0.3 is 9.80 Å². The molecule has 2 heterocycles. The van der Waals surface area contributed by atoms with E-state index in [9.17, 15) is 0 Å². The summed E-state index contributed by atoms with van der Waals surface area (Å²) < 4.78 is 0. The van der Waals surface area contributed by atoms with E-state index in [1.165, 1.54) is 52.1 Å². The first kappa shape index (κ1) is 14.3. The van der Waals surface area contributed by atoms with Crippen LogP contribution in [0.5, 0.6) is 0 Å². The summed E-state index contributed by atoms with van der Waals surface area (Å²) in [5.74, 6) is 0.944. The van der Waals surface area contributed by atoms with Crippen LogP contribution in [-0.4, -0.2) is 73.1 Å². The molecule has 0 radical (unpaired) electrons. The molecule has 0 aromatic heterocycles. The second-order valence-electron chi connectivity index (χ2n) is 6.69. The van der Waals surface area contributed by atoms with E-state index < -0.39 is 0 Å². The summed E-state index contributed by atoms with van der Waals surface area (Å²) in [5, 5.41) is 0. The third kappa shape index (κ3) is 3.69. The van der Waals surface area contributed by atoms with Crippen molar-refractivity contribution in [3.63, 3.8) is 0 Å². The number of piperidine rings is 1. The van der Waals surface area contributed by atoms with Crippen molar-refractivity contribution in [1.82, 2.24) is 14.7 Å². The summed E-state index contributed by atoms with van der Waals surface area (Å²) in [6, 6.07) is 1.43.